The summed E-state index contributed by atoms with van der Waals surface area (Å²) in [6.45, 7) is 5.87. The number of unbranched alkanes of at least 4 members (excludes halogenated alkanes) is 28. The van der Waals surface area contributed by atoms with Crippen LogP contribution in [-0.4, -0.2) is 81.2 Å². The summed E-state index contributed by atoms with van der Waals surface area (Å²) in [6.07, 6.45) is 39.8. The highest BCUT2D eigenvalue weighted by Crippen LogP contribution is 2.15. The molecule has 0 bridgehead atoms. The maximum atomic E-state index is 13.0. The molecule has 7 nitrogen and oxygen atoms in total. The Kier molecular flexibility index (Phi) is 40.9. The first-order valence-electron chi connectivity index (χ1n) is 22.6. The number of rotatable bonds is 40. The van der Waals surface area contributed by atoms with Crippen molar-refractivity contribution in [3.8, 4) is 0 Å². The van der Waals surface area contributed by atoms with Crippen molar-refractivity contribution >= 4 is 17.8 Å². The van der Waals surface area contributed by atoms with Gasteiger partial charge in [-0.2, -0.15) is 0 Å². The van der Waals surface area contributed by atoms with Gasteiger partial charge in [-0.3, -0.25) is 14.4 Å². The van der Waals surface area contributed by atoms with E-state index in [4.69, 9.17) is 9.47 Å². The lowest BCUT2D eigenvalue weighted by Crippen LogP contribution is -3.00. The van der Waals surface area contributed by atoms with E-state index in [0.717, 1.165) is 25.7 Å². The monoisotopic (exact) mass is 773 g/mol. The number of likely N-dealkylation sites (N-methyl/N-ethyl adjacent to an activating group) is 1. The molecule has 0 unspecified atom stereocenters. The molecule has 316 valence electrons. The van der Waals surface area contributed by atoms with E-state index in [9.17, 15) is 14.4 Å². The Balaban J connectivity index is 0. The van der Waals surface area contributed by atoms with E-state index in [-0.39, 0.29) is 43.5 Å². The highest BCUT2D eigenvalue weighted by molar-refractivity contribution is 5.77. The SMILES string of the molecule is CCCCCCCCCCCCCCCCCC(=O)OCCN(CCOC(=O)CCCCCCCCCCCCCCCCC)C(=O)C[N+](C)(C)C.[Cl-]. The molecule has 0 saturated heterocycles. The second kappa shape index (κ2) is 40.3. The van der Waals surface area contributed by atoms with Crippen LogP contribution >= 0.6 is 0 Å². The maximum absolute atomic E-state index is 13.0. The molecule has 0 saturated carbocycles. The van der Waals surface area contributed by atoms with Gasteiger partial charge in [0, 0.05) is 12.8 Å². The van der Waals surface area contributed by atoms with Crippen molar-refractivity contribution in [1.29, 1.82) is 0 Å². The van der Waals surface area contributed by atoms with Crippen LogP contribution in [0.5, 0.6) is 0 Å². The first-order chi connectivity index (χ1) is 25.2. The average molecular weight is 774 g/mol. The largest absolute Gasteiger partial charge is 1.00 e. The molecule has 0 aliphatic rings. The first kappa shape index (κ1) is 53.8. The molecule has 1 amide bonds. The Labute approximate surface area is 335 Å². The van der Waals surface area contributed by atoms with E-state index < -0.39 is 0 Å². The zero-order valence-electron chi connectivity index (χ0n) is 36.0. The predicted molar refractivity (Wildman–Crippen MR) is 220 cm³/mol. The second-order valence-electron chi connectivity index (χ2n) is 16.7. The van der Waals surface area contributed by atoms with Gasteiger partial charge < -0.3 is 31.3 Å². The summed E-state index contributed by atoms with van der Waals surface area (Å²) in [5.41, 5.74) is 0. The summed E-state index contributed by atoms with van der Waals surface area (Å²) in [5, 5.41) is 0. The summed E-state index contributed by atoms with van der Waals surface area (Å²) < 4.78 is 11.5. The minimum atomic E-state index is -0.191. The molecule has 0 aromatic carbocycles. The van der Waals surface area contributed by atoms with Crippen molar-refractivity contribution in [2.24, 2.45) is 0 Å². The van der Waals surface area contributed by atoms with Crippen LogP contribution in [0.25, 0.3) is 0 Å². The van der Waals surface area contributed by atoms with Crippen LogP contribution in [0.3, 0.4) is 0 Å². The quantitative estimate of drug-likeness (QED) is 0.0353. The highest BCUT2D eigenvalue weighted by Gasteiger charge is 2.21. The van der Waals surface area contributed by atoms with Gasteiger partial charge >= 0.3 is 11.9 Å². The normalized spacial score (nSPS) is 11.3. The molecule has 0 aliphatic carbocycles. The number of esters is 2. The molecule has 0 fully saturated rings. The Morgan fingerprint density at radius 2 is 0.660 bits per heavy atom. The van der Waals surface area contributed by atoms with E-state index in [2.05, 4.69) is 13.8 Å². The molecule has 53 heavy (non-hydrogen) atoms. The molecule has 8 heteroatoms. The molecular formula is C45H89ClN2O5. The number of hydrogen-bond acceptors (Lipinski definition) is 5. The highest BCUT2D eigenvalue weighted by atomic mass is 35.5. The third kappa shape index (κ3) is 41.7. The number of carbonyl (C=O) groups excluding carboxylic acids is 3. The Morgan fingerprint density at radius 3 is 0.906 bits per heavy atom. The summed E-state index contributed by atoms with van der Waals surface area (Å²) in [5.74, 6) is -0.406. The van der Waals surface area contributed by atoms with Crippen LogP contribution in [0.4, 0.5) is 0 Å². The van der Waals surface area contributed by atoms with Crippen molar-refractivity contribution in [2.45, 2.75) is 219 Å². The van der Waals surface area contributed by atoms with Crippen molar-refractivity contribution < 1.29 is 40.7 Å². The minimum absolute atomic E-state index is 0. The lowest BCUT2D eigenvalue weighted by molar-refractivity contribution is -0.862. The molecule has 0 N–H and O–H groups in total. The molecule has 0 atom stereocenters. The van der Waals surface area contributed by atoms with Crippen LogP contribution in [-0.2, 0) is 23.9 Å². The van der Waals surface area contributed by atoms with Crippen molar-refractivity contribution in [2.75, 3.05) is 54.0 Å². The van der Waals surface area contributed by atoms with Crippen molar-refractivity contribution in [1.82, 2.24) is 4.90 Å². The average Bonchev–Trinajstić information content (AvgIpc) is 3.10. The number of hydrogen-bond donors (Lipinski definition) is 0. The van der Waals surface area contributed by atoms with Gasteiger partial charge in [-0.05, 0) is 12.8 Å². The fourth-order valence-corrected chi connectivity index (χ4v) is 6.83. The van der Waals surface area contributed by atoms with Crippen LogP contribution in [0.15, 0.2) is 0 Å². The van der Waals surface area contributed by atoms with Crippen LogP contribution < -0.4 is 12.4 Å². The zero-order valence-corrected chi connectivity index (χ0v) is 36.7. The smallest absolute Gasteiger partial charge is 0.305 e. The molecule has 0 aromatic rings. The van der Waals surface area contributed by atoms with Crippen LogP contribution in [0, 0.1) is 0 Å². The van der Waals surface area contributed by atoms with E-state index in [1.807, 2.05) is 21.1 Å². The van der Waals surface area contributed by atoms with Gasteiger partial charge in [0.15, 0.2) is 6.54 Å². The third-order valence-electron chi connectivity index (χ3n) is 10.2. The zero-order chi connectivity index (χ0) is 38.4. The van der Waals surface area contributed by atoms with Gasteiger partial charge in [-0.1, -0.05) is 194 Å². The number of nitrogens with zero attached hydrogens (tertiary/aromatic N) is 2. The third-order valence-corrected chi connectivity index (χ3v) is 10.2. The molecular weight excluding hydrogens is 684 g/mol. The summed E-state index contributed by atoms with van der Waals surface area (Å²) in [6, 6.07) is 0. The minimum Gasteiger partial charge on any atom is -1.00 e. The van der Waals surface area contributed by atoms with Gasteiger partial charge in [-0.25, -0.2) is 0 Å². The van der Waals surface area contributed by atoms with E-state index in [1.54, 1.807) is 4.90 Å². The number of amides is 1. The Morgan fingerprint density at radius 1 is 0.415 bits per heavy atom. The summed E-state index contributed by atoms with van der Waals surface area (Å²) >= 11 is 0. The van der Waals surface area contributed by atoms with Crippen molar-refractivity contribution in [3.05, 3.63) is 0 Å². The number of quaternary nitrogens is 1. The molecule has 0 heterocycles. The Hall–Kier alpha value is -1.34. The predicted octanol–water partition coefficient (Wildman–Crippen LogP) is 9.13. The van der Waals surface area contributed by atoms with Crippen molar-refractivity contribution in [3.63, 3.8) is 0 Å². The van der Waals surface area contributed by atoms with Gasteiger partial charge in [-0.15, -0.1) is 0 Å². The van der Waals surface area contributed by atoms with Gasteiger partial charge in [0.1, 0.15) is 13.2 Å². The standard InChI is InChI=1S/C45H89N2O5.ClH/c1-6-8-10-12-14-16-18-20-22-24-26-28-30-32-34-36-44(49)51-40-38-46(43(48)42-47(3,4)5)39-41-52-45(50)37-35-33-31-29-27-25-23-21-19-17-15-13-11-9-7-2;/h6-42H2,1-5H3;1H/q+1;/p-1. The number of ether oxygens (including phenoxy) is 2. The lowest BCUT2D eigenvalue weighted by Gasteiger charge is -2.28. The second-order valence-corrected chi connectivity index (χ2v) is 16.7. The summed E-state index contributed by atoms with van der Waals surface area (Å²) in [7, 11) is 5.93. The number of carbonyl (C=O) groups is 3. The Bertz CT molecular complexity index is 767. The lowest BCUT2D eigenvalue weighted by atomic mass is 10.0. The fourth-order valence-electron chi connectivity index (χ4n) is 6.83. The topological polar surface area (TPSA) is 72.9 Å². The van der Waals surface area contributed by atoms with E-state index >= 15 is 0 Å². The van der Waals surface area contributed by atoms with E-state index in [1.165, 1.54) is 167 Å². The molecule has 0 rings (SSSR count). The fraction of sp³-hybridized carbons (Fsp3) is 0.933. The summed E-state index contributed by atoms with van der Waals surface area (Å²) in [4.78, 5) is 39.4. The molecule has 0 radical (unpaired) electrons. The van der Waals surface area contributed by atoms with Crippen LogP contribution in [0.1, 0.15) is 219 Å². The van der Waals surface area contributed by atoms with Gasteiger partial charge in [0.2, 0.25) is 0 Å². The number of halogens is 1. The van der Waals surface area contributed by atoms with Gasteiger partial charge in [0.05, 0.1) is 34.2 Å². The van der Waals surface area contributed by atoms with Crippen LogP contribution in [0.2, 0.25) is 0 Å². The molecule has 0 spiro atoms. The molecule has 0 aliphatic heterocycles. The van der Waals surface area contributed by atoms with E-state index in [0.29, 0.717) is 37.0 Å². The molecule has 0 aromatic heterocycles. The first-order valence-corrected chi connectivity index (χ1v) is 22.6. The maximum Gasteiger partial charge on any atom is 0.305 e. The van der Waals surface area contributed by atoms with Gasteiger partial charge in [0.25, 0.3) is 5.91 Å².